The van der Waals surface area contributed by atoms with Crippen molar-refractivity contribution >= 4 is 17.6 Å². The molecule has 13 heavy (non-hydrogen) atoms. The molecule has 1 rings (SSSR count). The van der Waals surface area contributed by atoms with E-state index in [1.54, 1.807) is 6.92 Å². The topological polar surface area (TPSA) is 63.1 Å². The summed E-state index contributed by atoms with van der Waals surface area (Å²) in [4.78, 5) is 18.2. The van der Waals surface area contributed by atoms with Crippen LogP contribution in [-0.2, 0) is 11.2 Å². The number of aromatic nitrogens is 2. The van der Waals surface area contributed by atoms with Gasteiger partial charge in [0.1, 0.15) is 5.15 Å². The Bertz CT molecular complexity index is 300. The molecule has 1 N–H and O–H groups in total. The third-order valence-corrected chi connectivity index (χ3v) is 1.81. The van der Waals surface area contributed by atoms with Crippen molar-refractivity contribution in [2.75, 3.05) is 0 Å². The van der Waals surface area contributed by atoms with Crippen molar-refractivity contribution in [1.82, 2.24) is 9.97 Å². The van der Waals surface area contributed by atoms with Crippen LogP contribution in [0.1, 0.15) is 12.6 Å². The second-order valence-electron chi connectivity index (χ2n) is 2.77. The first kappa shape index (κ1) is 9.92. The number of rotatable bonds is 3. The minimum Gasteiger partial charge on any atom is -0.481 e. The fourth-order valence-electron chi connectivity index (χ4n) is 0.845. The van der Waals surface area contributed by atoms with Crippen molar-refractivity contribution < 1.29 is 9.90 Å². The summed E-state index contributed by atoms with van der Waals surface area (Å²) in [5.41, 5.74) is 0.638. The van der Waals surface area contributed by atoms with E-state index in [2.05, 4.69) is 9.97 Å². The zero-order chi connectivity index (χ0) is 9.84. The van der Waals surface area contributed by atoms with Crippen LogP contribution >= 0.6 is 11.6 Å². The number of nitrogens with zero attached hydrogens (tertiary/aromatic N) is 2. The fourth-order valence-corrected chi connectivity index (χ4v) is 0.943. The maximum Gasteiger partial charge on any atom is 0.306 e. The summed E-state index contributed by atoms with van der Waals surface area (Å²) in [6.45, 7) is 1.62. The van der Waals surface area contributed by atoms with Gasteiger partial charge in [0.25, 0.3) is 0 Å². The van der Waals surface area contributed by atoms with Crippen LogP contribution in [0, 0.1) is 5.92 Å². The highest BCUT2D eigenvalue weighted by atomic mass is 35.5. The highest BCUT2D eigenvalue weighted by Gasteiger charge is 2.12. The number of halogens is 1. The molecule has 0 saturated heterocycles. The van der Waals surface area contributed by atoms with Gasteiger partial charge in [-0.15, -0.1) is 0 Å². The number of hydrogen-bond donors (Lipinski definition) is 1. The van der Waals surface area contributed by atoms with E-state index in [1.807, 2.05) is 0 Å². The summed E-state index contributed by atoms with van der Waals surface area (Å²) in [7, 11) is 0. The monoisotopic (exact) mass is 200 g/mol. The SMILES string of the molecule is CC(Cc1cnc(Cl)cn1)C(=O)O. The maximum absolute atomic E-state index is 10.5. The quantitative estimate of drug-likeness (QED) is 0.801. The maximum atomic E-state index is 10.5. The molecule has 0 aliphatic heterocycles. The van der Waals surface area contributed by atoms with Crippen molar-refractivity contribution in [3.05, 3.63) is 23.2 Å². The van der Waals surface area contributed by atoms with E-state index in [0.717, 1.165) is 0 Å². The second kappa shape index (κ2) is 4.18. The van der Waals surface area contributed by atoms with Gasteiger partial charge in [-0.25, -0.2) is 4.98 Å². The van der Waals surface area contributed by atoms with E-state index in [4.69, 9.17) is 16.7 Å². The number of carboxylic acids is 1. The number of aliphatic carboxylic acids is 1. The minimum atomic E-state index is -0.836. The Kier molecular flexibility index (Phi) is 3.19. The van der Waals surface area contributed by atoms with Gasteiger partial charge in [0.15, 0.2) is 0 Å². The predicted octanol–water partition coefficient (Wildman–Crippen LogP) is 1.39. The second-order valence-corrected chi connectivity index (χ2v) is 3.16. The molecule has 0 aromatic carbocycles. The lowest BCUT2D eigenvalue weighted by Gasteiger charge is -2.03. The highest BCUT2D eigenvalue weighted by molar-refractivity contribution is 6.29. The van der Waals surface area contributed by atoms with Crippen molar-refractivity contribution in [2.24, 2.45) is 5.92 Å². The van der Waals surface area contributed by atoms with Crippen LogP contribution in [-0.4, -0.2) is 21.0 Å². The van der Waals surface area contributed by atoms with Gasteiger partial charge in [-0.3, -0.25) is 9.78 Å². The number of carbonyl (C=O) groups is 1. The molecule has 0 aliphatic rings. The average molecular weight is 201 g/mol. The van der Waals surface area contributed by atoms with E-state index in [1.165, 1.54) is 12.4 Å². The van der Waals surface area contributed by atoms with Gasteiger partial charge in [-0.1, -0.05) is 18.5 Å². The fraction of sp³-hybridized carbons (Fsp3) is 0.375. The molecule has 0 amide bonds. The minimum absolute atomic E-state index is 0.312. The van der Waals surface area contributed by atoms with E-state index >= 15 is 0 Å². The first-order valence-electron chi connectivity index (χ1n) is 3.79. The lowest BCUT2D eigenvalue weighted by atomic mass is 10.1. The molecule has 5 heteroatoms. The molecular weight excluding hydrogens is 192 g/mol. The van der Waals surface area contributed by atoms with Crippen molar-refractivity contribution in [3.63, 3.8) is 0 Å². The normalized spacial score (nSPS) is 12.5. The highest BCUT2D eigenvalue weighted by Crippen LogP contribution is 2.07. The van der Waals surface area contributed by atoms with E-state index in [0.29, 0.717) is 17.3 Å². The number of carboxylic acid groups (broad SMARTS) is 1. The third kappa shape index (κ3) is 2.99. The summed E-state index contributed by atoms with van der Waals surface area (Å²) >= 11 is 5.52. The average Bonchev–Trinajstić information content (AvgIpc) is 2.08. The Labute approximate surface area is 80.6 Å². The first-order chi connectivity index (χ1) is 6.09. The van der Waals surface area contributed by atoms with Gasteiger partial charge in [-0.05, 0) is 0 Å². The lowest BCUT2D eigenvalue weighted by molar-refractivity contribution is -0.141. The van der Waals surface area contributed by atoms with Gasteiger partial charge >= 0.3 is 5.97 Å². The van der Waals surface area contributed by atoms with E-state index < -0.39 is 11.9 Å². The Morgan fingerprint density at radius 2 is 2.31 bits per heavy atom. The Balaban J connectivity index is 2.64. The van der Waals surface area contributed by atoms with E-state index in [-0.39, 0.29) is 0 Å². The first-order valence-corrected chi connectivity index (χ1v) is 4.16. The molecule has 0 fully saturated rings. The molecule has 70 valence electrons. The predicted molar refractivity (Wildman–Crippen MR) is 47.5 cm³/mol. The van der Waals surface area contributed by atoms with Crippen LogP contribution in [0.2, 0.25) is 5.15 Å². The molecule has 0 spiro atoms. The van der Waals surface area contributed by atoms with Gasteiger partial charge in [0, 0.05) is 6.42 Å². The van der Waals surface area contributed by atoms with Crippen molar-refractivity contribution in [3.8, 4) is 0 Å². The van der Waals surface area contributed by atoms with Crippen LogP contribution in [0.25, 0.3) is 0 Å². The Morgan fingerprint density at radius 1 is 1.62 bits per heavy atom. The molecule has 1 aromatic rings. The molecule has 0 bridgehead atoms. The summed E-state index contributed by atoms with van der Waals surface area (Å²) < 4.78 is 0. The molecule has 0 saturated carbocycles. The molecule has 4 nitrogen and oxygen atoms in total. The van der Waals surface area contributed by atoms with Gasteiger partial charge in [-0.2, -0.15) is 0 Å². The summed E-state index contributed by atoms with van der Waals surface area (Å²) in [5.74, 6) is -1.28. The van der Waals surface area contributed by atoms with Crippen LogP contribution in [0.15, 0.2) is 12.4 Å². The van der Waals surface area contributed by atoms with Gasteiger partial charge < -0.3 is 5.11 Å². The van der Waals surface area contributed by atoms with Gasteiger partial charge in [0.05, 0.1) is 24.0 Å². The standard InChI is InChI=1S/C8H9ClN2O2/c1-5(8(12)13)2-6-3-11-7(9)4-10-6/h3-5H,2H2,1H3,(H,12,13). The molecule has 0 radical (unpaired) electrons. The molecule has 1 unspecified atom stereocenters. The zero-order valence-corrected chi connectivity index (χ0v) is 7.82. The van der Waals surface area contributed by atoms with Crippen LogP contribution < -0.4 is 0 Å². The zero-order valence-electron chi connectivity index (χ0n) is 7.07. The Hall–Kier alpha value is -1.16. The van der Waals surface area contributed by atoms with Crippen LogP contribution in [0.4, 0.5) is 0 Å². The molecule has 1 aromatic heterocycles. The molecule has 1 atom stereocenters. The molecule has 0 aliphatic carbocycles. The summed E-state index contributed by atoms with van der Waals surface area (Å²) in [6, 6.07) is 0. The molecule has 1 heterocycles. The van der Waals surface area contributed by atoms with Gasteiger partial charge in [0.2, 0.25) is 0 Å². The third-order valence-electron chi connectivity index (χ3n) is 1.61. The Morgan fingerprint density at radius 3 is 2.77 bits per heavy atom. The lowest BCUT2D eigenvalue weighted by Crippen LogP contribution is -2.13. The largest absolute Gasteiger partial charge is 0.481 e. The number of hydrogen-bond acceptors (Lipinski definition) is 3. The smallest absolute Gasteiger partial charge is 0.306 e. The van der Waals surface area contributed by atoms with Crippen LogP contribution in [0.5, 0.6) is 0 Å². The molecular formula is C8H9ClN2O2. The van der Waals surface area contributed by atoms with Crippen molar-refractivity contribution in [2.45, 2.75) is 13.3 Å². The van der Waals surface area contributed by atoms with Crippen LogP contribution in [0.3, 0.4) is 0 Å². The summed E-state index contributed by atoms with van der Waals surface area (Å²) in [5, 5.41) is 8.94. The summed E-state index contributed by atoms with van der Waals surface area (Å²) in [6.07, 6.45) is 3.27. The van der Waals surface area contributed by atoms with E-state index in [9.17, 15) is 4.79 Å². The van der Waals surface area contributed by atoms with Crippen molar-refractivity contribution in [1.29, 1.82) is 0 Å².